The molecule has 0 atom stereocenters. The lowest BCUT2D eigenvalue weighted by molar-refractivity contribution is 1.26. The molecule has 0 aliphatic heterocycles. The van der Waals surface area contributed by atoms with Gasteiger partial charge in [-0.1, -0.05) is 94.0 Å². The van der Waals surface area contributed by atoms with Gasteiger partial charge in [-0.25, -0.2) is 0 Å². The highest BCUT2D eigenvalue weighted by Gasteiger charge is 2.34. The average molecular weight is 276 g/mol. The molecule has 0 saturated carbocycles. The average Bonchev–Trinajstić information content (AvgIpc) is 2.45. The van der Waals surface area contributed by atoms with Crippen LogP contribution in [0.5, 0.6) is 0 Å². The molecule has 99 valence electrons. The summed E-state index contributed by atoms with van der Waals surface area (Å²) in [5.74, 6) is 0. The van der Waals surface area contributed by atoms with E-state index in [0.717, 1.165) is 0 Å². The molecular weight excluding hydrogens is 248 g/mol. The van der Waals surface area contributed by atoms with E-state index in [-0.39, 0.29) is 8.31 Å². The first-order valence-corrected chi connectivity index (χ1v) is 12.7. The maximum atomic E-state index is 2.66. The molecular formula is C16H27Si2. The summed E-state index contributed by atoms with van der Waals surface area (Å²) in [4.78, 5) is 0. The molecule has 0 unspecified atom stereocenters. The third kappa shape index (κ3) is 3.69. The van der Waals surface area contributed by atoms with E-state index in [1.807, 2.05) is 0 Å². The summed E-state index contributed by atoms with van der Waals surface area (Å²) >= 11 is 0. The maximum absolute atomic E-state index is 2.66. The van der Waals surface area contributed by atoms with Crippen molar-refractivity contribution in [1.29, 1.82) is 0 Å². The second-order valence-electron chi connectivity index (χ2n) is 4.92. The molecule has 0 heterocycles. The minimum atomic E-state index is -1.13. The first kappa shape index (κ1) is 15.5. The van der Waals surface area contributed by atoms with E-state index in [1.165, 1.54) is 29.7 Å². The van der Waals surface area contributed by atoms with Crippen molar-refractivity contribution in [2.24, 2.45) is 0 Å². The van der Waals surface area contributed by atoms with Crippen LogP contribution in [0, 0.1) is 0 Å². The predicted molar refractivity (Wildman–Crippen MR) is 88.9 cm³/mol. The van der Waals surface area contributed by atoms with Crippen LogP contribution < -0.4 is 0 Å². The molecule has 1 aromatic rings. The van der Waals surface area contributed by atoms with E-state index in [1.54, 1.807) is 0 Å². The molecule has 0 bridgehead atoms. The molecule has 1 rings (SSSR count). The van der Waals surface area contributed by atoms with E-state index in [4.69, 9.17) is 0 Å². The Bertz CT molecular complexity index is 349. The lowest BCUT2D eigenvalue weighted by atomic mass is 10.2. The fourth-order valence-corrected chi connectivity index (χ4v) is 15.7. The summed E-state index contributed by atoms with van der Waals surface area (Å²) in [5, 5.41) is 0. The van der Waals surface area contributed by atoms with Crippen molar-refractivity contribution in [1.82, 2.24) is 0 Å². The number of benzene rings is 1. The summed E-state index contributed by atoms with van der Waals surface area (Å²) in [7, 11) is -1.27. The third-order valence-corrected chi connectivity index (χ3v) is 19.6. The molecule has 0 N–H and O–H groups in total. The van der Waals surface area contributed by atoms with Crippen molar-refractivity contribution in [2.45, 2.75) is 51.9 Å². The Morgan fingerprint density at radius 1 is 0.944 bits per heavy atom. The Kier molecular flexibility index (Phi) is 6.65. The van der Waals surface area contributed by atoms with Gasteiger partial charge < -0.3 is 0 Å². The summed E-state index contributed by atoms with van der Waals surface area (Å²) in [6, 6.07) is 16.5. The van der Waals surface area contributed by atoms with E-state index >= 15 is 0 Å². The van der Waals surface area contributed by atoms with Crippen LogP contribution in [0.15, 0.2) is 36.0 Å². The Labute approximate surface area is 116 Å². The van der Waals surface area contributed by atoms with Crippen molar-refractivity contribution in [2.75, 3.05) is 0 Å². The highest BCUT2D eigenvalue weighted by molar-refractivity contribution is 7.35. The highest BCUT2D eigenvalue weighted by atomic mass is 29.2. The zero-order valence-electron chi connectivity index (χ0n) is 12.4. The molecule has 0 fully saturated rings. The lowest BCUT2D eigenvalue weighted by Gasteiger charge is -2.33. The Morgan fingerprint density at radius 3 is 1.94 bits per heavy atom. The Hall–Kier alpha value is -0.606. The lowest BCUT2D eigenvalue weighted by Crippen LogP contribution is -2.47. The van der Waals surface area contributed by atoms with Gasteiger partial charge in [0.15, 0.2) is 0 Å². The largest absolute Gasteiger partial charge is 0.0962 e. The van der Waals surface area contributed by atoms with Gasteiger partial charge in [-0.05, 0) is 5.56 Å². The van der Waals surface area contributed by atoms with Crippen molar-refractivity contribution in [3.8, 4) is 0 Å². The van der Waals surface area contributed by atoms with Gasteiger partial charge >= 0.3 is 0 Å². The molecule has 0 nitrogen and oxygen atoms in total. The SMILES string of the molecule is CC[Si](CC)[Si](/C=C/c1ccccc1)(CC)CC. The topological polar surface area (TPSA) is 0 Å². The van der Waals surface area contributed by atoms with E-state index in [9.17, 15) is 0 Å². The molecule has 18 heavy (non-hydrogen) atoms. The summed E-state index contributed by atoms with van der Waals surface area (Å²) in [6.45, 7) is 9.64. The first-order chi connectivity index (χ1) is 8.72. The van der Waals surface area contributed by atoms with Gasteiger partial charge in [-0.15, -0.1) is 0 Å². The summed E-state index contributed by atoms with van der Waals surface area (Å²) in [6.07, 6.45) is 2.40. The summed E-state index contributed by atoms with van der Waals surface area (Å²) in [5.41, 5.74) is 4.02. The van der Waals surface area contributed by atoms with Crippen LogP contribution in [0.3, 0.4) is 0 Å². The van der Waals surface area contributed by atoms with Gasteiger partial charge in [0.25, 0.3) is 0 Å². The standard InChI is InChI=1S/C16H27Si2/c1-5-17(6-2)18(7-3,8-4)15-14-16-12-10-9-11-13-16/h9-15H,5-8H2,1-4H3/b15-14+. The highest BCUT2D eigenvalue weighted by Crippen LogP contribution is 2.26. The molecule has 0 spiro atoms. The normalized spacial score (nSPS) is 12.5. The van der Waals surface area contributed by atoms with E-state index in [2.05, 4.69) is 69.8 Å². The van der Waals surface area contributed by atoms with Gasteiger partial charge in [0, 0.05) is 8.31 Å². The van der Waals surface area contributed by atoms with Gasteiger partial charge in [0.1, 0.15) is 0 Å². The van der Waals surface area contributed by atoms with Gasteiger partial charge in [-0.3, -0.25) is 0 Å². The second kappa shape index (κ2) is 7.75. The monoisotopic (exact) mass is 275 g/mol. The molecule has 0 aromatic heterocycles. The van der Waals surface area contributed by atoms with Crippen molar-refractivity contribution < 1.29 is 0 Å². The van der Waals surface area contributed by atoms with E-state index < -0.39 is 7.59 Å². The Balaban J connectivity index is 2.95. The quantitative estimate of drug-likeness (QED) is 0.589. The van der Waals surface area contributed by atoms with Crippen molar-refractivity contribution >= 4 is 22.0 Å². The molecule has 0 aliphatic rings. The summed E-state index contributed by atoms with van der Waals surface area (Å²) < 4.78 is 0. The second-order valence-corrected chi connectivity index (χ2v) is 16.7. The minimum Gasteiger partial charge on any atom is -0.0962 e. The fraction of sp³-hybridized carbons (Fsp3) is 0.500. The van der Waals surface area contributed by atoms with Crippen molar-refractivity contribution in [3.05, 3.63) is 41.6 Å². The molecule has 0 aliphatic carbocycles. The van der Waals surface area contributed by atoms with Crippen LogP contribution in [0.25, 0.3) is 6.08 Å². The van der Waals surface area contributed by atoms with Crippen LogP contribution in [0.4, 0.5) is 0 Å². The molecule has 1 radical (unpaired) electrons. The van der Waals surface area contributed by atoms with Crippen LogP contribution in [0.2, 0.25) is 24.2 Å². The maximum Gasteiger partial charge on any atom is 0.0680 e. The van der Waals surface area contributed by atoms with Gasteiger partial charge in [-0.2, -0.15) is 0 Å². The Morgan fingerprint density at radius 2 is 1.50 bits per heavy atom. The van der Waals surface area contributed by atoms with Crippen molar-refractivity contribution in [3.63, 3.8) is 0 Å². The molecule has 2 heteroatoms. The number of hydrogen-bond donors (Lipinski definition) is 0. The number of rotatable bonds is 7. The molecule has 0 amide bonds. The van der Waals surface area contributed by atoms with Crippen LogP contribution in [0.1, 0.15) is 33.3 Å². The zero-order chi connectivity index (χ0) is 13.4. The molecule has 1 aromatic carbocycles. The van der Waals surface area contributed by atoms with Crippen LogP contribution in [-0.2, 0) is 0 Å². The van der Waals surface area contributed by atoms with Gasteiger partial charge in [0.2, 0.25) is 0 Å². The van der Waals surface area contributed by atoms with Crippen LogP contribution in [-0.4, -0.2) is 15.9 Å². The third-order valence-electron chi connectivity index (χ3n) is 4.21. The molecule has 0 saturated heterocycles. The number of hydrogen-bond acceptors (Lipinski definition) is 0. The van der Waals surface area contributed by atoms with E-state index in [0.29, 0.717) is 0 Å². The van der Waals surface area contributed by atoms with Gasteiger partial charge in [0.05, 0.1) is 7.59 Å². The smallest absolute Gasteiger partial charge is 0.0680 e. The minimum absolute atomic E-state index is 0.140. The predicted octanol–water partition coefficient (Wildman–Crippen LogP) is 5.34. The fourth-order valence-electron chi connectivity index (χ4n) is 2.88. The van der Waals surface area contributed by atoms with Crippen LogP contribution >= 0.6 is 0 Å². The first-order valence-electron chi connectivity index (χ1n) is 7.31. The zero-order valence-corrected chi connectivity index (χ0v) is 14.4.